The Kier molecular flexibility index (Phi) is 4.71. The van der Waals surface area contributed by atoms with E-state index in [9.17, 15) is 0 Å². The maximum absolute atomic E-state index is 4.78. The van der Waals surface area contributed by atoms with Crippen LogP contribution >= 0.6 is 0 Å². The first-order valence-corrected chi connectivity index (χ1v) is 8.21. The predicted molar refractivity (Wildman–Crippen MR) is 96.0 cm³/mol. The molecule has 0 fully saturated rings. The Hall–Kier alpha value is -1.90. The van der Waals surface area contributed by atoms with E-state index >= 15 is 0 Å². The second-order valence-corrected chi connectivity index (χ2v) is 5.85. The Morgan fingerprint density at radius 3 is 2.41 bits per heavy atom. The number of aryl methyl sites for hydroxylation is 2. The molecule has 0 aromatic heterocycles. The van der Waals surface area contributed by atoms with Gasteiger partial charge in [-0.25, -0.2) is 0 Å². The number of benzene rings is 3. The van der Waals surface area contributed by atoms with Crippen molar-refractivity contribution in [1.82, 2.24) is 5.43 Å². The maximum atomic E-state index is 4.78. The van der Waals surface area contributed by atoms with Gasteiger partial charge < -0.3 is 0 Å². The van der Waals surface area contributed by atoms with Gasteiger partial charge in [0.05, 0.1) is 0 Å². The van der Waals surface area contributed by atoms with Crippen molar-refractivity contribution in [1.29, 1.82) is 0 Å². The molecule has 22 heavy (non-hydrogen) atoms. The Labute approximate surface area is 132 Å². The van der Waals surface area contributed by atoms with E-state index in [-0.39, 0.29) is 0 Å². The molecule has 3 aromatic rings. The minimum Gasteiger partial charge on any atom is -0.271 e. The molecule has 0 atom stereocenters. The zero-order valence-electron chi connectivity index (χ0n) is 13.2. The van der Waals surface area contributed by atoms with E-state index in [2.05, 4.69) is 54.0 Å². The van der Waals surface area contributed by atoms with Gasteiger partial charge in [-0.1, -0.05) is 55.5 Å². The number of nitrogens with two attached hydrogens (primary N) is 1. The standard InChI is InChI=1S/C18H16.C2H8N2/c1-3-7-15-13(5-1)9-11-18-16-8-4-2-6-14(16)10-12-17(15)18;1-2-4-3/h1,3,5,7,9-12H,2,4,6,8H2;4H,2-3H2,1H3. The largest absolute Gasteiger partial charge is 0.271 e. The van der Waals surface area contributed by atoms with E-state index in [0.717, 1.165) is 6.54 Å². The van der Waals surface area contributed by atoms with Crippen molar-refractivity contribution in [2.45, 2.75) is 32.6 Å². The van der Waals surface area contributed by atoms with E-state index < -0.39 is 0 Å². The Morgan fingerprint density at radius 2 is 1.59 bits per heavy atom. The maximum Gasteiger partial charge on any atom is 0.00689 e. The molecule has 2 nitrogen and oxygen atoms in total. The van der Waals surface area contributed by atoms with Crippen LogP contribution in [0, 0.1) is 0 Å². The van der Waals surface area contributed by atoms with Gasteiger partial charge in [-0.2, -0.15) is 0 Å². The highest BCUT2D eigenvalue weighted by Crippen LogP contribution is 2.33. The summed E-state index contributed by atoms with van der Waals surface area (Å²) in [4.78, 5) is 0. The van der Waals surface area contributed by atoms with Crippen molar-refractivity contribution in [2.75, 3.05) is 6.54 Å². The number of rotatable bonds is 1. The van der Waals surface area contributed by atoms with Gasteiger partial charge in [-0.05, 0) is 58.4 Å². The fourth-order valence-corrected chi connectivity index (χ4v) is 3.34. The molecular formula is C20H24N2. The van der Waals surface area contributed by atoms with Crippen LogP contribution in [0.25, 0.3) is 21.5 Å². The van der Waals surface area contributed by atoms with E-state index in [1.54, 1.807) is 11.1 Å². The number of nitrogens with one attached hydrogen (secondary N) is 1. The Morgan fingerprint density at radius 1 is 0.864 bits per heavy atom. The van der Waals surface area contributed by atoms with E-state index in [1.807, 2.05) is 6.92 Å². The molecule has 4 rings (SSSR count). The number of fused-ring (bicyclic) bond motifs is 5. The van der Waals surface area contributed by atoms with Gasteiger partial charge in [-0.15, -0.1) is 0 Å². The lowest BCUT2D eigenvalue weighted by Gasteiger charge is -2.18. The summed E-state index contributed by atoms with van der Waals surface area (Å²) in [5.74, 6) is 4.78. The van der Waals surface area contributed by atoms with Gasteiger partial charge >= 0.3 is 0 Å². The van der Waals surface area contributed by atoms with E-state index in [0.29, 0.717) is 0 Å². The minimum absolute atomic E-state index is 0.847. The lowest BCUT2D eigenvalue weighted by atomic mass is 9.86. The summed E-state index contributed by atoms with van der Waals surface area (Å²) >= 11 is 0. The Bertz CT molecular complexity index is 775. The zero-order chi connectivity index (χ0) is 15.4. The molecule has 3 N–H and O–H groups in total. The second kappa shape index (κ2) is 6.91. The lowest BCUT2D eigenvalue weighted by Crippen LogP contribution is -2.20. The molecule has 0 saturated heterocycles. The van der Waals surface area contributed by atoms with Crippen molar-refractivity contribution in [3.63, 3.8) is 0 Å². The van der Waals surface area contributed by atoms with Gasteiger partial charge in [0.25, 0.3) is 0 Å². The fraction of sp³-hybridized carbons (Fsp3) is 0.300. The molecule has 114 valence electrons. The number of hydrazine groups is 1. The summed E-state index contributed by atoms with van der Waals surface area (Å²) in [6, 6.07) is 18.0. The van der Waals surface area contributed by atoms with Crippen molar-refractivity contribution in [2.24, 2.45) is 5.84 Å². The van der Waals surface area contributed by atoms with E-state index in [4.69, 9.17) is 5.84 Å². The molecule has 0 radical (unpaired) electrons. The monoisotopic (exact) mass is 292 g/mol. The minimum atomic E-state index is 0.847. The first-order chi connectivity index (χ1) is 10.8. The predicted octanol–water partition coefficient (Wildman–Crippen LogP) is 4.34. The molecule has 0 bridgehead atoms. The third kappa shape index (κ3) is 2.85. The zero-order valence-corrected chi connectivity index (χ0v) is 13.2. The van der Waals surface area contributed by atoms with Crippen molar-refractivity contribution in [3.8, 4) is 0 Å². The fourth-order valence-electron chi connectivity index (χ4n) is 3.34. The number of hydrogen-bond donors (Lipinski definition) is 2. The van der Waals surface area contributed by atoms with Crippen LogP contribution in [-0.2, 0) is 12.8 Å². The van der Waals surface area contributed by atoms with Crippen LogP contribution < -0.4 is 11.3 Å². The van der Waals surface area contributed by atoms with Crippen LogP contribution in [0.3, 0.4) is 0 Å². The average Bonchev–Trinajstić information content (AvgIpc) is 2.61. The Balaban J connectivity index is 0.000000325. The lowest BCUT2D eigenvalue weighted by molar-refractivity contribution is 0.690. The summed E-state index contributed by atoms with van der Waals surface area (Å²) in [6.45, 7) is 2.79. The summed E-state index contributed by atoms with van der Waals surface area (Å²) in [5.41, 5.74) is 5.61. The highest BCUT2D eigenvalue weighted by molar-refractivity contribution is 6.08. The second-order valence-electron chi connectivity index (χ2n) is 5.85. The summed E-state index contributed by atoms with van der Waals surface area (Å²) in [5, 5.41) is 5.64. The molecule has 0 aliphatic heterocycles. The average molecular weight is 292 g/mol. The first-order valence-electron chi connectivity index (χ1n) is 8.21. The molecule has 0 saturated carbocycles. The van der Waals surface area contributed by atoms with Crippen molar-refractivity contribution < 1.29 is 0 Å². The summed E-state index contributed by atoms with van der Waals surface area (Å²) < 4.78 is 0. The van der Waals surface area contributed by atoms with Crippen LogP contribution in [0.4, 0.5) is 0 Å². The summed E-state index contributed by atoms with van der Waals surface area (Å²) in [6.07, 6.45) is 5.22. The van der Waals surface area contributed by atoms with Gasteiger partial charge in [0, 0.05) is 6.54 Å². The molecule has 0 heterocycles. The normalized spacial score (nSPS) is 13.5. The molecule has 0 amide bonds. The van der Waals surface area contributed by atoms with Gasteiger partial charge in [-0.3, -0.25) is 11.3 Å². The van der Waals surface area contributed by atoms with Gasteiger partial charge in [0.1, 0.15) is 0 Å². The summed E-state index contributed by atoms with van der Waals surface area (Å²) in [7, 11) is 0. The highest BCUT2D eigenvalue weighted by atomic mass is 15.2. The van der Waals surface area contributed by atoms with Crippen molar-refractivity contribution in [3.05, 3.63) is 59.7 Å². The molecule has 0 spiro atoms. The topological polar surface area (TPSA) is 38.0 Å². The van der Waals surface area contributed by atoms with Gasteiger partial charge in [0.15, 0.2) is 0 Å². The van der Waals surface area contributed by atoms with Crippen molar-refractivity contribution >= 4 is 21.5 Å². The van der Waals surface area contributed by atoms with Gasteiger partial charge in [0.2, 0.25) is 0 Å². The molecule has 0 unspecified atom stereocenters. The van der Waals surface area contributed by atoms with Crippen LogP contribution in [0.2, 0.25) is 0 Å². The molecule has 1 aliphatic carbocycles. The first kappa shape index (κ1) is 15.0. The SMILES string of the molecule is CCNN.c1ccc2c(c1)ccc1c3c(ccc12)CCCC3. The molecule has 1 aliphatic rings. The van der Waals surface area contributed by atoms with Crippen LogP contribution in [0.15, 0.2) is 48.5 Å². The molecule has 3 aromatic carbocycles. The van der Waals surface area contributed by atoms with E-state index in [1.165, 1.54) is 47.2 Å². The number of hydrogen-bond acceptors (Lipinski definition) is 2. The molecule has 2 heteroatoms. The van der Waals surface area contributed by atoms with Crippen LogP contribution in [-0.4, -0.2) is 6.54 Å². The highest BCUT2D eigenvalue weighted by Gasteiger charge is 2.13. The third-order valence-corrected chi connectivity index (χ3v) is 4.46. The molecular weight excluding hydrogens is 268 g/mol. The third-order valence-electron chi connectivity index (χ3n) is 4.46. The quantitative estimate of drug-likeness (QED) is 0.398. The van der Waals surface area contributed by atoms with Crippen LogP contribution in [0.5, 0.6) is 0 Å². The van der Waals surface area contributed by atoms with Crippen LogP contribution in [0.1, 0.15) is 30.9 Å². The smallest absolute Gasteiger partial charge is 0.00689 e.